The summed E-state index contributed by atoms with van der Waals surface area (Å²) in [6.07, 6.45) is 3.65. The second-order valence-electron chi connectivity index (χ2n) is 6.60. The van der Waals surface area contributed by atoms with Gasteiger partial charge in [0.25, 0.3) is 0 Å². The number of amides is 2. The molecule has 1 fully saturated rings. The lowest BCUT2D eigenvalue weighted by molar-refractivity contribution is -0.138. The number of nitrogens with one attached hydrogen (secondary N) is 1. The lowest BCUT2D eigenvalue weighted by atomic mass is 10.1. The molecule has 1 N–H and O–H groups in total. The number of carbonyl (C=O) groups excluding carboxylic acids is 2. The highest BCUT2D eigenvalue weighted by molar-refractivity contribution is 5.88. The van der Waals surface area contributed by atoms with E-state index in [0.717, 1.165) is 17.1 Å². The molecule has 7 heteroatoms. The van der Waals surface area contributed by atoms with Crippen molar-refractivity contribution >= 4 is 11.8 Å². The number of piperazine rings is 1. The van der Waals surface area contributed by atoms with E-state index in [9.17, 15) is 9.59 Å². The fourth-order valence-electron chi connectivity index (χ4n) is 3.11. The Kier molecular flexibility index (Phi) is 5.68. The monoisotopic (exact) mass is 356 g/mol. The normalized spacial score (nSPS) is 17.8. The minimum absolute atomic E-state index is 0.0858. The molecule has 2 aromatic heterocycles. The number of pyridine rings is 1. The minimum Gasteiger partial charge on any atom is -0.464 e. The van der Waals surface area contributed by atoms with Crippen LogP contribution >= 0.6 is 0 Å². The Morgan fingerprint density at radius 1 is 1.42 bits per heavy atom. The molecule has 2 amide bonds. The van der Waals surface area contributed by atoms with Gasteiger partial charge in [0.05, 0.1) is 19.0 Å². The van der Waals surface area contributed by atoms with Gasteiger partial charge in [0, 0.05) is 39.1 Å². The number of furan rings is 1. The summed E-state index contributed by atoms with van der Waals surface area (Å²) >= 11 is 0. The Morgan fingerprint density at radius 3 is 2.96 bits per heavy atom. The van der Waals surface area contributed by atoms with Crippen molar-refractivity contribution in [1.82, 2.24) is 20.1 Å². The van der Waals surface area contributed by atoms with E-state index in [0.29, 0.717) is 26.2 Å². The van der Waals surface area contributed by atoms with Gasteiger partial charge in [0.15, 0.2) is 0 Å². The van der Waals surface area contributed by atoms with Crippen LogP contribution in [0, 0.1) is 6.92 Å². The zero-order valence-corrected chi connectivity index (χ0v) is 15.1. The predicted octanol–water partition coefficient (Wildman–Crippen LogP) is 1.33. The Morgan fingerprint density at radius 2 is 2.27 bits per heavy atom. The number of carbonyl (C=O) groups is 2. The highest BCUT2D eigenvalue weighted by atomic mass is 16.3. The number of hydrogen-bond acceptors (Lipinski definition) is 5. The second-order valence-corrected chi connectivity index (χ2v) is 6.60. The first-order valence-corrected chi connectivity index (χ1v) is 8.73. The largest absolute Gasteiger partial charge is 0.464 e. The summed E-state index contributed by atoms with van der Waals surface area (Å²) in [5.74, 6) is 1.36. The van der Waals surface area contributed by atoms with E-state index >= 15 is 0 Å². The smallest absolute Gasteiger partial charge is 0.237 e. The number of hydrogen-bond donors (Lipinski definition) is 1. The van der Waals surface area contributed by atoms with Crippen LogP contribution in [-0.2, 0) is 22.7 Å². The standard InChI is InChI=1S/C19H24N4O3/c1-14-5-6-16(26-14)13-22(2)18(24)10-17-19(25)21-8-9-23(17)12-15-4-3-7-20-11-15/h3-7,11,17H,8-10,12-13H2,1-2H3,(H,21,25). The summed E-state index contributed by atoms with van der Waals surface area (Å²) in [5.41, 5.74) is 1.03. The molecule has 2 aromatic rings. The molecule has 1 saturated heterocycles. The van der Waals surface area contributed by atoms with Crippen LogP contribution in [0.25, 0.3) is 0 Å². The molecule has 0 aliphatic carbocycles. The fraction of sp³-hybridized carbons (Fsp3) is 0.421. The topological polar surface area (TPSA) is 78.7 Å². The Balaban J connectivity index is 1.64. The minimum atomic E-state index is -0.475. The van der Waals surface area contributed by atoms with Gasteiger partial charge < -0.3 is 14.6 Å². The van der Waals surface area contributed by atoms with Crippen molar-refractivity contribution < 1.29 is 14.0 Å². The van der Waals surface area contributed by atoms with Gasteiger partial charge in [0.1, 0.15) is 11.5 Å². The number of nitrogens with zero attached hydrogens (tertiary/aromatic N) is 3. The van der Waals surface area contributed by atoms with Crippen molar-refractivity contribution in [3.63, 3.8) is 0 Å². The molecule has 26 heavy (non-hydrogen) atoms. The van der Waals surface area contributed by atoms with Crippen LogP contribution in [0.3, 0.4) is 0 Å². The number of rotatable bonds is 6. The van der Waals surface area contributed by atoms with E-state index in [1.54, 1.807) is 24.3 Å². The Hall–Kier alpha value is -2.67. The van der Waals surface area contributed by atoms with E-state index in [2.05, 4.69) is 10.3 Å². The van der Waals surface area contributed by atoms with Gasteiger partial charge in [-0.05, 0) is 30.7 Å². The highest BCUT2D eigenvalue weighted by Gasteiger charge is 2.32. The molecule has 3 heterocycles. The maximum atomic E-state index is 12.6. The zero-order valence-electron chi connectivity index (χ0n) is 15.1. The first-order chi connectivity index (χ1) is 12.5. The summed E-state index contributed by atoms with van der Waals surface area (Å²) < 4.78 is 5.53. The van der Waals surface area contributed by atoms with Gasteiger partial charge in [-0.25, -0.2) is 0 Å². The van der Waals surface area contributed by atoms with Crippen molar-refractivity contribution in [2.24, 2.45) is 0 Å². The third-order valence-electron chi connectivity index (χ3n) is 4.53. The summed E-state index contributed by atoms with van der Waals surface area (Å²) in [5, 5.41) is 2.86. The molecule has 1 aliphatic heterocycles. The van der Waals surface area contributed by atoms with E-state index < -0.39 is 6.04 Å². The van der Waals surface area contributed by atoms with Crippen LogP contribution in [-0.4, -0.2) is 52.8 Å². The zero-order chi connectivity index (χ0) is 18.5. The van der Waals surface area contributed by atoms with Crippen LogP contribution in [0.4, 0.5) is 0 Å². The highest BCUT2D eigenvalue weighted by Crippen LogP contribution is 2.16. The molecular weight excluding hydrogens is 332 g/mol. The van der Waals surface area contributed by atoms with Gasteiger partial charge in [0.2, 0.25) is 11.8 Å². The van der Waals surface area contributed by atoms with E-state index in [-0.39, 0.29) is 18.2 Å². The average Bonchev–Trinajstić information content (AvgIpc) is 3.03. The van der Waals surface area contributed by atoms with E-state index in [1.165, 1.54) is 0 Å². The average molecular weight is 356 g/mol. The van der Waals surface area contributed by atoms with Gasteiger partial charge in [-0.2, -0.15) is 0 Å². The molecule has 7 nitrogen and oxygen atoms in total. The summed E-state index contributed by atoms with van der Waals surface area (Å²) in [6.45, 7) is 4.16. The van der Waals surface area contributed by atoms with Crippen LogP contribution in [0.15, 0.2) is 41.1 Å². The molecule has 1 aliphatic rings. The van der Waals surface area contributed by atoms with Gasteiger partial charge >= 0.3 is 0 Å². The maximum Gasteiger partial charge on any atom is 0.237 e. The first kappa shape index (κ1) is 18.1. The Bertz CT molecular complexity index is 759. The number of aromatic nitrogens is 1. The van der Waals surface area contributed by atoms with Gasteiger partial charge in [-0.1, -0.05) is 6.07 Å². The third kappa shape index (κ3) is 4.49. The third-order valence-corrected chi connectivity index (χ3v) is 4.53. The van der Waals surface area contributed by atoms with Crippen LogP contribution in [0.5, 0.6) is 0 Å². The maximum absolute atomic E-state index is 12.6. The molecule has 1 atom stereocenters. The van der Waals surface area contributed by atoms with Crippen LogP contribution in [0.2, 0.25) is 0 Å². The molecule has 0 aromatic carbocycles. The van der Waals surface area contributed by atoms with Crippen molar-refractivity contribution in [3.05, 3.63) is 53.7 Å². The summed E-state index contributed by atoms with van der Waals surface area (Å²) in [7, 11) is 1.73. The lowest BCUT2D eigenvalue weighted by Crippen LogP contribution is -2.56. The van der Waals surface area contributed by atoms with E-state index in [4.69, 9.17) is 4.42 Å². The van der Waals surface area contributed by atoms with Crippen LogP contribution in [0.1, 0.15) is 23.5 Å². The SMILES string of the molecule is Cc1ccc(CN(C)C(=O)CC2C(=O)NCCN2Cc2cccnc2)o1. The van der Waals surface area contributed by atoms with Crippen molar-refractivity contribution in [1.29, 1.82) is 0 Å². The van der Waals surface area contributed by atoms with Gasteiger partial charge in [-0.3, -0.25) is 19.5 Å². The molecule has 0 bridgehead atoms. The van der Waals surface area contributed by atoms with Crippen molar-refractivity contribution in [2.45, 2.75) is 32.5 Å². The molecule has 0 spiro atoms. The van der Waals surface area contributed by atoms with E-state index in [1.807, 2.05) is 36.1 Å². The molecule has 138 valence electrons. The summed E-state index contributed by atoms with van der Waals surface area (Å²) in [4.78, 5) is 32.7. The molecular formula is C19H24N4O3. The van der Waals surface area contributed by atoms with Crippen LogP contribution < -0.4 is 5.32 Å². The molecule has 3 rings (SSSR count). The predicted molar refractivity (Wildman–Crippen MR) is 96.0 cm³/mol. The molecule has 0 saturated carbocycles. The second kappa shape index (κ2) is 8.14. The fourth-order valence-corrected chi connectivity index (χ4v) is 3.11. The van der Waals surface area contributed by atoms with Crippen molar-refractivity contribution in [3.8, 4) is 0 Å². The Labute approximate surface area is 153 Å². The molecule has 1 unspecified atom stereocenters. The first-order valence-electron chi connectivity index (χ1n) is 8.73. The lowest BCUT2D eigenvalue weighted by Gasteiger charge is -2.35. The number of aryl methyl sites for hydroxylation is 1. The molecule has 0 radical (unpaired) electrons. The summed E-state index contributed by atoms with van der Waals surface area (Å²) in [6, 6.07) is 7.11. The quantitative estimate of drug-likeness (QED) is 0.845. The van der Waals surface area contributed by atoms with Gasteiger partial charge in [-0.15, -0.1) is 0 Å². The van der Waals surface area contributed by atoms with Crippen molar-refractivity contribution in [2.75, 3.05) is 20.1 Å².